The molecule has 0 aromatic heterocycles. The van der Waals surface area contributed by atoms with Crippen LogP contribution >= 0.6 is 0 Å². The van der Waals surface area contributed by atoms with Crippen molar-refractivity contribution in [2.24, 2.45) is 11.8 Å². The molecule has 0 aliphatic rings. The Morgan fingerprint density at radius 2 is 1.77 bits per heavy atom. The molecule has 0 saturated carbocycles. The van der Waals surface area contributed by atoms with Crippen LogP contribution < -0.4 is 0 Å². The van der Waals surface area contributed by atoms with Crippen LogP contribution in [0.15, 0.2) is 23.8 Å². The topological polar surface area (TPSA) is 58.9 Å². The molecule has 0 rings (SSSR count). The van der Waals surface area contributed by atoms with Gasteiger partial charge in [-0.3, -0.25) is 0 Å². The first-order valence-corrected chi connectivity index (χ1v) is 10.1. The van der Waals surface area contributed by atoms with Gasteiger partial charge in [-0.2, -0.15) is 0 Å². The summed E-state index contributed by atoms with van der Waals surface area (Å²) in [7, 11) is 3.48. The number of methoxy groups -OCH3 is 2. The molecule has 154 valence electrons. The highest BCUT2D eigenvalue weighted by Gasteiger charge is 2.18. The van der Waals surface area contributed by atoms with Crippen molar-refractivity contribution in [2.75, 3.05) is 20.8 Å². The van der Waals surface area contributed by atoms with Crippen LogP contribution in [0.4, 0.5) is 0 Å². The molecule has 5 unspecified atom stereocenters. The van der Waals surface area contributed by atoms with E-state index in [2.05, 4.69) is 39.8 Å². The minimum Gasteiger partial charge on any atom is -0.396 e. The van der Waals surface area contributed by atoms with E-state index >= 15 is 0 Å². The first-order chi connectivity index (χ1) is 12.4. The van der Waals surface area contributed by atoms with Crippen LogP contribution in [-0.4, -0.2) is 49.4 Å². The quantitative estimate of drug-likeness (QED) is 0.417. The molecule has 0 heterocycles. The zero-order valence-corrected chi connectivity index (χ0v) is 17.8. The van der Waals surface area contributed by atoms with Crippen LogP contribution in [0.2, 0.25) is 0 Å². The van der Waals surface area contributed by atoms with Gasteiger partial charge < -0.3 is 19.7 Å². The Morgan fingerprint density at radius 1 is 1.08 bits per heavy atom. The van der Waals surface area contributed by atoms with Gasteiger partial charge in [0.25, 0.3) is 0 Å². The number of rotatable bonds is 15. The number of aliphatic hydroxyl groups is 2. The number of ether oxygens (including phenoxy) is 2. The molecule has 0 spiro atoms. The standard InChI is InChI=1S/C22H42O4/c1-7-22(26-6)19(4)13-14-21(24)18(3)11-8-10-17(2)16-20(25-5)12-9-15-23/h8,10-11,18-24H,7,9,12-16H2,1-6H3/b11-8+,17-10+. The lowest BCUT2D eigenvalue weighted by atomic mass is 9.91. The summed E-state index contributed by atoms with van der Waals surface area (Å²) in [5.74, 6) is 0.587. The van der Waals surface area contributed by atoms with E-state index in [9.17, 15) is 5.11 Å². The number of hydrogen-bond acceptors (Lipinski definition) is 4. The Bertz CT molecular complexity index is 388. The van der Waals surface area contributed by atoms with E-state index in [1.807, 2.05) is 6.08 Å². The summed E-state index contributed by atoms with van der Waals surface area (Å²) in [5, 5.41) is 19.3. The summed E-state index contributed by atoms with van der Waals surface area (Å²) in [5.41, 5.74) is 1.24. The van der Waals surface area contributed by atoms with Crippen molar-refractivity contribution in [2.45, 2.75) is 84.5 Å². The van der Waals surface area contributed by atoms with Crippen molar-refractivity contribution in [3.63, 3.8) is 0 Å². The minimum absolute atomic E-state index is 0.126. The van der Waals surface area contributed by atoms with Gasteiger partial charge in [-0.25, -0.2) is 0 Å². The molecular formula is C22H42O4. The zero-order chi connectivity index (χ0) is 19.9. The van der Waals surface area contributed by atoms with Crippen molar-refractivity contribution in [1.29, 1.82) is 0 Å². The Balaban J connectivity index is 4.35. The third kappa shape index (κ3) is 11.1. The van der Waals surface area contributed by atoms with Crippen LogP contribution in [0.5, 0.6) is 0 Å². The average Bonchev–Trinajstić information content (AvgIpc) is 2.63. The van der Waals surface area contributed by atoms with Crippen LogP contribution in [-0.2, 0) is 9.47 Å². The summed E-state index contributed by atoms with van der Waals surface area (Å²) in [4.78, 5) is 0. The van der Waals surface area contributed by atoms with Crippen molar-refractivity contribution in [3.8, 4) is 0 Å². The fourth-order valence-electron chi connectivity index (χ4n) is 3.26. The van der Waals surface area contributed by atoms with E-state index in [-0.39, 0.29) is 30.8 Å². The number of allylic oxidation sites excluding steroid dienone is 2. The predicted octanol–water partition coefficient (Wildman–Crippen LogP) is 4.50. The van der Waals surface area contributed by atoms with Crippen molar-refractivity contribution >= 4 is 0 Å². The van der Waals surface area contributed by atoms with Crippen LogP contribution in [0, 0.1) is 11.8 Å². The second-order valence-electron chi connectivity index (χ2n) is 7.49. The SMILES string of the molecule is CCC(OC)C(C)CCC(O)C(C)/C=C/C=C(\C)CC(CCCO)OC. The lowest BCUT2D eigenvalue weighted by Gasteiger charge is -2.23. The lowest BCUT2D eigenvalue weighted by molar-refractivity contribution is 0.0418. The van der Waals surface area contributed by atoms with Gasteiger partial charge in [0.1, 0.15) is 0 Å². The van der Waals surface area contributed by atoms with E-state index in [0.717, 1.165) is 38.5 Å². The molecule has 0 aromatic carbocycles. The maximum Gasteiger partial charge on any atom is 0.0609 e. The van der Waals surface area contributed by atoms with Crippen LogP contribution in [0.3, 0.4) is 0 Å². The summed E-state index contributed by atoms with van der Waals surface area (Å²) in [6.45, 7) is 8.69. The molecule has 2 N–H and O–H groups in total. The third-order valence-electron chi connectivity index (χ3n) is 5.23. The van der Waals surface area contributed by atoms with Gasteiger partial charge in [-0.05, 0) is 51.4 Å². The lowest BCUT2D eigenvalue weighted by Crippen LogP contribution is -2.23. The average molecular weight is 371 g/mol. The van der Waals surface area contributed by atoms with Crippen molar-refractivity contribution < 1.29 is 19.7 Å². The molecule has 0 bridgehead atoms. The highest BCUT2D eigenvalue weighted by atomic mass is 16.5. The number of hydrogen-bond donors (Lipinski definition) is 2. The first-order valence-electron chi connectivity index (χ1n) is 10.1. The van der Waals surface area contributed by atoms with Gasteiger partial charge in [-0.1, -0.05) is 44.6 Å². The van der Waals surface area contributed by atoms with Crippen LogP contribution in [0.1, 0.15) is 66.2 Å². The molecule has 0 aromatic rings. The molecule has 0 aliphatic carbocycles. The van der Waals surface area contributed by atoms with E-state index in [1.54, 1.807) is 14.2 Å². The van der Waals surface area contributed by atoms with Gasteiger partial charge in [0.15, 0.2) is 0 Å². The summed E-state index contributed by atoms with van der Waals surface area (Å²) in [6.07, 6.45) is 11.6. The monoisotopic (exact) mass is 370 g/mol. The Labute approximate surface area is 161 Å². The van der Waals surface area contributed by atoms with E-state index < -0.39 is 0 Å². The second-order valence-corrected chi connectivity index (χ2v) is 7.49. The fourth-order valence-corrected chi connectivity index (χ4v) is 3.26. The predicted molar refractivity (Wildman–Crippen MR) is 109 cm³/mol. The maximum absolute atomic E-state index is 10.4. The molecule has 4 heteroatoms. The molecular weight excluding hydrogens is 328 g/mol. The maximum atomic E-state index is 10.4. The normalized spacial score (nSPS) is 18.7. The molecule has 0 aliphatic heterocycles. The summed E-state index contributed by atoms with van der Waals surface area (Å²) in [6, 6.07) is 0. The highest BCUT2D eigenvalue weighted by Crippen LogP contribution is 2.20. The Morgan fingerprint density at radius 3 is 2.31 bits per heavy atom. The Hall–Kier alpha value is -0.680. The fraction of sp³-hybridized carbons (Fsp3) is 0.818. The second kappa shape index (κ2) is 15.4. The van der Waals surface area contributed by atoms with Crippen molar-refractivity contribution in [1.82, 2.24) is 0 Å². The summed E-state index contributed by atoms with van der Waals surface area (Å²) >= 11 is 0. The van der Waals surface area contributed by atoms with Gasteiger partial charge in [0.2, 0.25) is 0 Å². The molecule has 0 amide bonds. The highest BCUT2D eigenvalue weighted by molar-refractivity contribution is 5.12. The Kier molecular flexibility index (Phi) is 15.0. The molecule has 0 saturated heterocycles. The largest absolute Gasteiger partial charge is 0.396 e. The summed E-state index contributed by atoms with van der Waals surface area (Å²) < 4.78 is 10.9. The van der Waals surface area contributed by atoms with Crippen LogP contribution in [0.25, 0.3) is 0 Å². The molecule has 0 radical (unpaired) electrons. The van der Waals surface area contributed by atoms with Gasteiger partial charge in [0, 0.05) is 26.7 Å². The smallest absolute Gasteiger partial charge is 0.0609 e. The van der Waals surface area contributed by atoms with Crippen molar-refractivity contribution in [3.05, 3.63) is 23.8 Å². The van der Waals surface area contributed by atoms with Gasteiger partial charge in [-0.15, -0.1) is 0 Å². The molecule has 4 nitrogen and oxygen atoms in total. The van der Waals surface area contributed by atoms with E-state index in [0.29, 0.717) is 5.92 Å². The van der Waals surface area contributed by atoms with Gasteiger partial charge >= 0.3 is 0 Å². The zero-order valence-electron chi connectivity index (χ0n) is 17.8. The molecule has 5 atom stereocenters. The van der Waals surface area contributed by atoms with E-state index in [4.69, 9.17) is 14.6 Å². The molecule has 26 heavy (non-hydrogen) atoms. The minimum atomic E-state index is -0.326. The number of aliphatic hydroxyl groups excluding tert-OH is 2. The van der Waals surface area contributed by atoms with Gasteiger partial charge in [0.05, 0.1) is 18.3 Å². The third-order valence-corrected chi connectivity index (χ3v) is 5.23. The van der Waals surface area contributed by atoms with E-state index in [1.165, 1.54) is 5.57 Å². The first kappa shape index (κ1) is 25.3. The molecule has 0 fully saturated rings.